The number of amides is 1. The maximum absolute atomic E-state index is 12.2. The van der Waals surface area contributed by atoms with E-state index in [4.69, 9.17) is 15.2 Å². The van der Waals surface area contributed by atoms with Crippen LogP contribution in [0.15, 0.2) is 18.2 Å². The van der Waals surface area contributed by atoms with Crippen LogP contribution in [0.3, 0.4) is 0 Å². The summed E-state index contributed by atoms with van der Waals surface area (Å²) in [6.07, 6.45) is 2.12. The molecule has 3 N–H and O–H groups in total. The number of ether oxygens (including phenoxy) is 2. The maximum Gasteiger partial charge on any atom is 0.253 e. The second-order valence-corrected chi connectivity index (χ2v) is 4.74. The fourth-order valence-corrected chi connectivity index (χ4v) is 2.29. The van der Waals surface area contributed by atoms with E-state index in [-0.39, 0.29) is 18.1 Å². The molecule has 0 aromatic heterocycles. The number of methoxy groups -OCH3 is 1. The fraction of sp³-hybridized carbons (Fsp3) is 0.500. The van der Waals surface area contributed by atoms with Crippen molar-refractivity contribution in [2.75, 3.05) is 19.5 Å². The van der Waals surface area contributed by atoms with E-state index in [0.717, 1.165) is 19.4 Å². The number of rotatable bonds is 4. The molecule has 1 heterocycles. The summed E-state index contributed by atoms with van der Waals surface area (Å²) in [6.45, 7) is 2.72. The van der Waals surface area contributed by atoms with Crippen LogP contribution in [0.5, 0.6) is 5.75 Å². The van der Waals surface area contributed by atoms with Crippen LogP contribution in [-0.4, -0.2) is 31.8 Å². The first-order valence-electron chi connectivity index (χ1n) is 6.48. The summed E-state index contributed by atoms with van der Waals surface area (Å²) in [5.41, 5.74) is 6.70. The van der Waals surface area contributed by atoms with Gasteiger partial charge in [-0.2, -0.15) is 0 Å². The molecule has 1 aliphatic rings. The van der Waals surface area contributed by atoms with Crippen LogP contribution in [0.1, 0.15) is 30.1 Å². The quantitative estimate of drug-likeness (QED) is 0.810. The van der Waals surface area contributed by atoms with Gasteiger partial charge in [-0.05, 0) is 31.9 Å². The molecule has 5 nitrogen and oxygen atoms in total. The van der Waals surface area contributed by atoms with Gasteiger partial charge in [0, 0.05) is 6.61 Å². The Kier molecular flexibility index (Phi) is 4.27. The van der Waals surface area contributed by atoms with Crippen LogP contribution in [-0.2, 0) is 4.74 Å². The number of hydrogen-bond acceptors (Lipinski definition) is 4. The second-order valence-electron chi connectivity index (χ2n) is 4.74. The van der Waals surface area contributed by atoms with Crippen molar-refractivity contribution in [3.05, 3.63) is 23.8 Å². The van der Waals surface area contributed by atoms with Gasteiger partial charge in [0.1, 0.15) is 5.75 Å². The number of nitrogens with two attached hydrogens (primary N) is 1. The molecule has 1 saturated heterocycles. The Bertz CT molecular complexity index is 456. The van der Waals surface area contributed by atoms with Gasteiger partial charge in [-0.1, -0.05) is 6.07 Å². The molecule has 2 rings (SSSR count). The van der Waals surface area contributed by atoms with Gasteiger partial charge in [0.15, 0.2) is 0 Å². The number of carbonyl (C=O) groups excluding carboxylic acids is 1. The first-order chi connectivity index (χ1) is 9.13. The molecule has 0 bridgehead atoms. The maximum atomic E-state index is 12.2. The molecule has 2 unspecified atom stereocenters. The normalized spacial score (nSPS) is 20.0. The predicted octanol–water partition coefficient (Wildman–Crippen LogP) is 1.57. The van der Waals surface area contributed by atoms with Gasteiger partial charge in [0.2, 0.25) is 0 Å². The van der Waals surface area contributed by atoms with E-state index in [1.54, 1.807) is 18.2 Å². The first kappa shape index (κ1) is 13.7. The SMILES string of the molecule is COc1cccc(C(=O)NC(C)C2CCCO2)c1N. The van der Waals surface area contributed by atoms with Crippen molar-refractivity contribution in [1.29, 1.82) is 0 Å². The highest BCUT2D eigenvalue weighted by Crippen LogP contribution is 2.25. The number of anilines is 1. The van der Waals surface area contributed by atoms with Crippen LogP contribution < -0.4 is 15.8 Å². The monoisotopic (exact) mass is 264 g/mol. The van der Waals surface area contributed by atoms with Crippen molar-refractivity contribution in [3.63, 3.8) is 0 Å². The van der Waals surface area contributed by atoms with Crippen molar-refractivity contribution >= 4 is 11.6 Å². The number of hydrogen-bond donors (Lipinski definition) is 2. The molecule has 1 amide bonds. The van der Waals surface area contributed by atoms with Gasteiger partial charge in [0.05, 0.1) is 30.5 Å². The van der Waals surface area contributed by atoms with Crippen LogP contribution in [0.4, 0.5) is 5.69 Å². The van der Waals surface area contributed by atoms with Gasteiger partial charge in [-0.25, -0.2) is 0 Å². The minimum atomic E-state index is -0.195. The minimum Gasteiger partial charge on any atom is -0.495 e. The summed E-state index contributed by atoms with van der Waals surface area (Å²) < 4.78 is 10.7. The lowest BCUT2D eigenvalue weighted by molar-refractivity contribution is 0.0712. The van der Waals surface area contributed by atoms with Crippen LogP contribution in [0, 0.1) is 0 Å². The number of para-hydroxylation sites is 1. The number of nitrogens with one attached hydrogen (secondary N) is 1. The molecule has 104 valence electrons. The zero-order valence-corrected chi connectivity index (χ0v) is 11.3. The van der Waals surface area contributed by atoms with E-state index in [9.17, 15) is 4.79 Å². The Hall–Kier alpha value is -1.75. The van der Waals surface area contributed by atoms with Gasteiger partial charge >= 0.3 is 0 Å². The van der Waals surface area contributed by atoms with Crippen LogP contribution in [0.2, 0.25) is 0 Å². The Labute approximate surface area is 113 Å². The number of benzene rings is 1. The highest BCUT2D eigenvalue weighted by Gasteiger charge is 2.24. The van der Waals surface area contributed by atoms with E-state index in [1.165, 1.54) is 7.11 Å². The summed E-state index contributed by atoms with van der Waals surface area (Å²) in [7, 11) is 1.53. The lowest BCUT2D eigenvalue weighted by Crippen LogP contribution is -2.41. The lowest BCUT2D eigenvalue weighted by atomic mass is 10.1. The highest BCUT2D eigenvalue weighted by molar-refractivity contribution is 6.00. The Morgan fingerprint density at radius 1 is 1.58 bits per heavy atom. The molecule has 2 atom stereocenters. The largest absolute Gasteiger partial charge is 0.495 e. The first-order valence-corrected chi connectivity index (χ1v) is 6.48. The summed E-state index contributed by atoms with van der Waals surface area (Å²) in [5.74, 6) is 0.316. The molecule has 1 aliphatic heterocycles. The highest BCUT2D eigenvalue weighted by atomic mass is 16.5. The Balaban J connectivity index is 2.07. The van der Waals surface area contributed by atoms with Gasteiger partial charge in [0.25, 0.3) is 5.91 Å². The van der Waals surface area contributed by atoms with Crippen molar-refractivity contribution in [1.82, 2.24) is 5.32 Å². The van der Waals surface area contributed by atoms with Crippen molar-refractivity contribution in [3.8, 4) is 5.75 Å². The van der Waals surface area contributed by atoms with Gasteiger partial charge in [-0.15, -0.1) is 0 Å². The molecular weight excluding hydrogens is 244 g/mol. The second kappa shape index (κ2) is 5.93. The number of nitrogen functional groups attached to an aromatic ring is 1. The molecule has 1 aromatic rings. The summed E-state index contributed by atoms with van der Waals surface area (Å²) in [6, 6.07) is 5.15. The molecule has 5 heteroatoms. The zero-order chi connectivity index (χ0) is 13.8. The molecule has 1 fully saturated rings. The molecule has 1 aromatic carbocycles. The number of carbonyl (C=O) groups is 1. The third-order valence-corrected chi connectivity index (χ3v) is 3.41. The van der Waals surface area contributed by atoms with Crippen LogP contribution in [0.25, 0.3) is 0 Å². The summed E-state index contributed by atoms with van der Waals surface area (Å²) in [5, 5.41) is 2.93. The average molecular weight is 264 g/mol. The van der Waals surface area contributed by atoms with E-state index >= 15 is 0 Å². The zero-order valence-electron chi connectivity index (χ0n) is 11.3. The van der Waals surface area contributed by atoms with Crippen LogP contribution >= 0.6 is 0 Å². The van der Waals surface area contributed by atoms with E-state index in [1.807, 2.05) is 6.92 Å². The van der Waals surface area contributed by atoms with Gasteiger partial charge < -0.3 is 20.5 Å². The predicted molar refractivity (Wildman–Crippen MR) is 73.3 cm³/mol. The molecule has 0 radical (unpaired) electrons. The standard InChI is InChI=1S/C14H20N2O3/c1-9(11-7-4-8-19-11)16-14(17)10-5-3-6-12(18-2)13(10)15/h3,5-6,9,11H,4,7-8,15H2,1-2H3,(H,16,17). The summed E-state index contributed by atoms with van der Waals surface area (Å²) in [4.78, 5) is 12.2. The van der Waals surface area contributed by atoms with Crippen molar-refractivity contribution < 1.29 is 14.3 Å². The lowest BCUT2D eigenvalue weighted by Gasteiger charge is -2.20. The Morgan fingerprint density at radius 2 is 2.37 bits per heavy atom. The molecule has 0 aliphatic carbocycles. The third-order valence-electron chi connectivity index (χ3n) is 3.41. The van der Waals surface area contributed by atoms with Gasteiger partial charge in [-0.3, -0.25) is 4.79 Å². The third kappa shape index (κ3) is 2.98. The Morgan fingerprint density at radius 3 is 3.00 bits per heavy atom. The summed E-state index contributed by atoms with van der Waals surface area (Å²) >= 11 is 0. The molecular formula is C14H20N2O3. The van der Waals surface area contributed by atoms with Crippen molar-refractivity contribution in [2.24, 2.45) is 0 Å². The fourth-order valence-electron chi connectivity index (χ4n) is 2.29. The van der Waals surface area contributed by atoms with E-state index < -0.39 is 0 Å². The van der Waals surface area contributed by atoms with E-state index in [2.05, 4.69) is 5.32 Å². The molecule has 0 spiro atoms. The van der Waals surface area contributed by atoms with E-state index in [0.29, 0.717) is 17.0 Å². The molecule has 19 heavy (non-hydrogen) atoms. The van der Waals surface area contributed by atoms with Crippen molar-refractivity contribution in [2.45, 2.75) is 31.9 Å². The molecule has 0 saturated carbocycles. The minimum absolute atomic E-state index is 0.0272. The smallest absolute Gasteiger partial charge is 0.253 e. The average Bonchev–Trinajstić information content (AvgIpc) is 2.92. The topological polar surface area (TPSA) is 73.6 Å².